The fourth-order valence-corrected chi connectivity index (χ4v) is 6.19. The van der Waals surface area contributed by atoms with Gasteiger partial charge in [-0.3, -0.25) is 35.4 Å². The van der Waals surface area contributed by atoms with Gasteiger partial charge in [0.2, 0.25) is 5.96 Å². The van der Waals surface area contributed by atoms with Crippen LogP contribution in [0.1, 0.15) is 46.7 Å². The van der Waals surface area contributed by atoms with Gasteiger partial charge in [-0.1, -0.05) is 29.8 Å². The topological polar surface area (TPSA) is 404 Å². The molecule has 2 aliphatic heterocycles. The lowest BCUT2D eigenvalue weighted by atomic mass is 10.1. The van der Waals surface area contributed by atoms with Crippen LogP contribution >= 0.6 is 23.2 Å². The molecule has 25 nitrogen and oxygen atoms in total. The number of aromatic nitrogens is 4. The summed E-state index contributed by atoms with van der Waals surface area (Å²) in [6.45, 7) is 7.58. The number of aliphatic hydroxyl groups excluding tert-OH is 2. The van der Waals surface area contributed by atoms with Crippen molar-refractivity contribution in [2.24, 2.45) is 37.2 Å². The van der Waals surface area contributed by atoms with E-state index in [0.29, 0.717) is 89.8 Å². The van der Waals surface area contributed by atoms with Crippen molar-refractivity contribution >= 4 is 82.1 Å². The molecule has 0 bridgehead atoms. The Morgan fingerprint density at radius 3 is 1.58 bits per heavy atom. The van der Waals surface area contributed by atoms with Crippen LogP contribution in [0.25, 0.3) is 0 Å². The zero-order valence-electron chi connectivity index (χ0n) is 32.2. The summed E-state index contributed by atoms with van der Waals surface area (Å²) in [7, 11) is 0. The second-order valence-corrected chi connectivity index (χ2v) is 13.9. The minimum atomic E-state index is -0.745. The highest BCUT2D eigenvalue weighted by Gasteiger charge is 2.26. The fraction of sp³-hybridized carbons (Fsp3) is 0.500. The normalized spacial score (nSPS) is 16.4. The van der Waals surface area contributed by atoms with E-state index in [9.17, 15) is 19.8 Å². The Labute approximate surface area is 349 Å². The molecule has 4 heterocycles. The molecule has 2 aliphatic rings. The molecule has 2 saturated heterocycles. The van der Waals surface area contributed by atoms with E-state index in [0.717, 1.165) is 0 Å². The van der Waals surface area contributed by atoms with Crippen molar-refractivity contribution in [3.05, 3.63) is 34.1 Å². The molecular formula is C32H51Cl2N21O4. The lowest BCUT2D eigenvalue weighted by Gasteiger charge is -2.35. The first-order valence-electron chi connectivity index (χ1n) is 18.3. The van der Waals surface area contributed by atoms with E-state index >= 15 is 0 Å². The van der Waals surface area contributed by atoms with Crippen LogP contribution < -0.4 is 56.1 Å². The summed E-state index contributed by atoms with van der Waals surface area (Å²) >= 11 is 11.8. The Kier molecular flexibility index (Phi) is 16.8. The maximum absolute atomic E-state index is 12.7. The highest BCUT2D eigenvalue weighted by atomic mass is 35.5. The van der Waals surface area contributed by atoms with Crippen molar-refractivity contribution < 1.29 is 19.8 Å². The van der Waals surface area contributed by atoms with Crippen LogP contribution in [0.5, 0.6) is 0 Å². The van der Waals surface area contributed by atoms with E-state index in [1.807, 2.05) is 14.7 Å². The minimum absolute atomic E-state index is 0.0614. The van der Waals surface area contributed by atoms with Crippen LogP contribution in [-0.2, 0) is 0 Å². The maximum Gasteiger partial charge on any atom is 0.280 e. The molecule has 0 atom stereocenters. The van der Waals surface area contributed by atoms with Crippen molar-refractivity contribution in [1.29, 1.82) is 0 Å². The molecule has 19 N–H and O–H groups in total. The molecule has 4 rings (SSSR count). The molecule has 322 valence electrons. The third kappa shape index (κ3) is 13.5. The first-order valence-corrected chi connectivity index (χ1v) is 19.1. The van der Waals surface area contributed by atoms with E-state index in [4.69, 9.17) is 68.3 Å². The molecule has 0 spiro atoms. The van der Waals surface area contributed by atoms with Gasteiger partial charge in [0.25, 0.3) is 11.8 Å². The highest BCUT2D eigenvalue weighted by Crippen LogP contribution is 2.21. The van der Waals surface area contributed by atoms with Crippen molar-refractivity contribution in [3.8, 4) is 0 Å². The summed E-state index contributed by atoms with van der Waals surface area (Å²) in [4.78, 5) is 64.7. The summed E-state index contributed by atoms with van der Waals surface area (Å²) in [5.41, 5.74) is 40.7. The largest absolute Gasteiger partial charge is 0.395 e. The Morgan fingerprint density at radius 1 is 0.695 bits per heavy atom. The molecule has 59 heavy (non-hydrogen) atoms. The second-order valence-electron chi connectivity index (χ2n) is 13.2. The fourth-order valence-electron chi connectivity index (χ4n) is 5.94. The highest BCUT2D eigenvalue weighted by molar-refractivity contribution is 6.32. The number of hydrogen-bond donors (Lipinski definition) is 12. The Bertz CT molecular complexity index is 1940. The maximum atomic E-state index is 12.7. The molecule has 0 aliphatic carbocycles. The van der Waals surface area contributed by atoms with Gasteiger partial charge in [0, 0.05) is 45.8 Å². The van der Waals surface area contributed by atoms with Crippen LogP contribution in [-0.4, -0.2) is 158 Å². The van der Waals surface area contributed by atoms with Crippen LogP contribution in [0.2, 0.25) is 10.3 Å². The lowest BCUT2D eigenvalue weighted by Crippen LogP contribution is -2.51. The molecule has 0 radical (unpaired) electrons. The number of anilines is 4. The van der Waals surface area contributed by atoms with Gasteiger partial charge in [0.05, 0.1) is 31.8 Å². The predicted molar refractivity (Wildman–Crippen MR) is 226 cm³/mol. The molecule has 27 heteroatoms. The van der Waals surface area contributed by atoms with E-state index in [1.54, 1.807) is 0 Å². The standard InChI is InChI=1S/C32H51Cl2N21O4/c1-16(54-7-2-17(3-8-54)44-30(40)50-27(58)19-23(35)48-25(37)21(33)46-19)43-32(52-29(39)42-6-11-53(12-14-56)13-15-57)55-9-4-18(5-10-55)45-31(41)51-28(59)20-24(36)49-26(38)22(34)47-20/h17-18,56-57H,1-15H2,(H4,35,37,48)(H4,36,38,49)(H3,39,42,43,52)(H3,40,44,50,58)(H3,41,45,51,59). The number of nitrogens with zero attached hydrogens (tertiary/aromatic N) is 11. The Morgan fingerprint density at radius 2 is 1.14 bits per heavy atom. The van der Waals surface area contributed by atoms with Crippen molar-refractivity contribution in [3.63, 3.8) is 0 Å². The van der Waals surface area contributed by atoms with Gasteiger partial charge in [0.1, 0.15) is 5.82 Å². The average Bonchev–Trinajstić information content (AvgIpc) is 3.18. The van der Waals surface area contributed by atoms with Crippen LogP contribution in [0.3, 0.4) is 0 Å². The summed E-state index contributed by atoms with van der Waals surface area (Å²) in [5.74, 6) is -1.44. The van der Waals surface area contributed by atoms with Crippen LogP contribution in [0.15, 0.2) is 32.4 Å². The Balaban J connectivity index is 1.40. The zero-order chi connectivity index (χ0) is 43.2. The Hall–Kier alpha value is -6.02. The number of rotatable bonds is 13. The quantitative estimate of drug-likeness (QED) is 0.0691. The summed E-state index contributed by atoms with van der Waals surface area (Å²) in [5, 5.41) is 26.3. The zero-order valence-corrected chi connectivity index (χ0v) is 33.7. The van der Waals surface area contributed by atoms with Gasteiger partial charge in [-0.2, -0.15) is 4.99 Å². The number of nitrogen functional groups attached to an aromatic ring is 4. The van der Waals surface area contributed by atoms with E-state index in [-0.39, 0.29) is 88.1 Å². The van der Waals surface area contributed by atoms with Crippen molar-refractivity contribution in [2.75, 3.05) is 88.5 Å². The molecule has 2 aromatic heterocycles. The summed E-state index contributed by atoms with van der Waals surface area (Å²) < 4.78 is 0. The smallest absolute Gasteiger partial charge is 0.280 e. The number of aliphatic imine (C=N–C) groups is 4. The number of guanidine groups is 4. The van der Waals surface area contributed by atoms with E-state index in [2.05, 4.69) is 57.4 Å². The van der Waals surface area contributed by atoms with Gasteiger partial charge in [0.15, 0.2) is 62.8 Å². The number of aliphatic hydroxyl groups is 2. The number of nitrogens with two attached hydrogens (primary N) is 7. The molecule has 0 unspecified atom stereocenters. The third-order valence-electron chi connectivity index (χ3n) is 8.97. The van der Waals surface area contributed by atoms with Gasteiger partial charge < -0.3 is 60.1 Å². The molecule has 0 saturated carbocycles. The number of nitrogens with one attached hydrogen (secondary N) is 3. The average molecular weight is 865 g/mol. The first kappa shape index (κ1) is 45.7. The number of hydrogen-bond acceptors (Lipinski definition) is 18. The van der Waals surface area contributed by atoms with Crippen LogP contribution in [0.4, 0.5) is 23.3 Å². The number of likely N-dealkylation sites (tertiary alicyclic amines) is 2. The molecule has 0 aromatic carbocycles. The predicted octanol–water partition coefficient (Wildman–Crippen LogP) is -3.36. The number of halogens is 2. The number of carbonyl (C=O) groups is 2. The summed E-state index contributed by atoms with van der Waals surface area (Å²) in [6.07, 6.45) is 2.19. The molecule has 2 fully saturated rings. The van der Waals surface area contributed by atoms with E-state index < -0.39 is 11.8 Å². The lowest BCUT2D eigenvalue weighted by molar-refractivity contribution is 0.0963. The van der Waals surface area contributed by atoms with E-state index in [1.165, 1.54) is 0 Å². The third-order valence-corrected chi connectivity index (χ3v) is 9.52. The van der Waals surface area contributed by atoms with Gasteiger partial charge in [-0.15, -0.1) is 0 Å². The monoisotopic (exact) mass is 863 g/mol. The second kappa shape index (κ2) is 21.7. The molecule has 2 amide bonds. The van der Waals surface area contributed by atoms with Gasteiger partial charge in [-0.25, -0.2) is 29.9 Å². The first-order chi connectivity index (χ1) is 28.1. The van der Waals surface area contributed by atoms with Gasteiger partial charge in [-0.05, 0) is 25.7 Å². The summed E-state index contributed by atoms with van der Waals surface area (Å²) in [6, 6.07) is -0.472. The van der Waals surface area contributed by atoms with Crippen LogP contribution in [0, 0.1) is 0 Å². The number of amides is 2. The number of carbonyl (C=O) groups excluding carboxylic acids is 2. The van der Waals surface area contributed by atoms with Crippen molar-refractivity contribution in [2.45, 2.75) is 37.8 Å². The molecule has 2 aromatic rings. The number of piperidine rings is 2. The SMILES string of the molecule is C=C(N=C(NC(N)=NCCN(CCO)CCO)N1CCC(N=C(N)NC(=O)c2nc(Cl)c(N)nc2N)CC1)N1CCC(N=C(N)NC(=O)c2nc(Cl)c(N)nc2N)CC1. The van der Waals surface area contributed by atoms with Gasteiger partial charge >= 0.3 is 0 Å². The minimum Gasteiger partial charge on any atom is -0.395 e. The molecular weight excluding hydrogens is 813 g/mol. The van der Waals surface area contributed by atoms with Crippen molar-refractivity contribution in [1.82, 2.24) is 50.6 Å².